The second-order valence-electron chi connectivity index (χ2n) is 12.4. The van der Waals surface area contributed by atoms with Crippen LogP contribution in [0, 0.1) is 0 Å². The summed E-state index contributed by atoms with van der Waals surface area (Å²) in [4.78, 5) is 60.7. The second kappa shape index (κ2) is 25.2. The van der Waals surface area contributed by atoms with E-state index < -0.39 is 0 Å². The quantitative estimate of drug-likeness (QED) is 0.181. The summed E-state index contributed by atoms with van der Waals surface area (Å²) >= 11 is 0. The lowest BCUT2D eigenvalue weighted by Gasteiger charge is -2.29. The van der Waals surface area contributed by atoms with Crippen LogP contribution in [0.5, 0.6) is 0 Å². The molecule has 0 bridgehead atoms. The van der Waals surface area contributed by atoms with E-state index in [1.807, 2.05) is 19.6 Å². The molecule has 1 fully saturated rings. The SMILES string of the molecule is CCCCCC(=O)N1CCCN(C(=O)CCCCC)CCCN(C(=O)CCCCC)CCN(C(=O)CCCCC)CCC1. The molecule has 8 nitrogen and oxygen atoms in total. The third-order valence-electron chi connectivity index (χ3n) is 8.60. The molecule has 0 atom stereocenters. The number of carbonyl (C=O) groups excluding carboxylic acids is 4. The molecule has 1 heterocycles. The fourth-order valence-electron chi connectivity index (χ4n) is 5.78. The number of carbonyl (C=O) groups is 4. The van der Waals surface area contributed by atoms with E-state index >= 15 is 0 Å². The average molecular weight is 607 g/mol. The average Bonchev–Trinajstić information content (AvgIpc) is 3.00. The molecular weight excluding hydrogens is 540 g/mol. The minimum Gasteiger partial charge on any atom is -0.343 e. The Labute approximate surface area is 264 Å². The molecule has 4 amide bonds. The maximum atomic E-state index is 13.3. The van der Waals surface area contributed by atoms with Crippen molar-refractivity contribution in [3.63, 3.8) is 0 Å². The Kier molecular flexibility index (Phi) is 22.8. The molecule has 0 aliphatic carbocycles. The van der Waals surface area contributed by atoms with E-state index in [1.54, 1.807) is 0 Å². The highest BCUT2D eigenvalue weighted by molar-refractivity contribution is 5.78. The highest BCUT2D eigenvalue weighted by atomic mass is 16.2. The first kappa shape index (κ1) is 38.9. The van der Waals surface area contributed by atoms with E-state index in [4.69, 9.17) is 0 Å². The zero-order valence-electron chi connectivity index (χ0n) is 28.5. The summed E-state index contributed by atoms with van der Waals surface area (Å²) in [6.07, 6.45) is 16.4. The van der Waals surface area contributed by atoms with E-state index in [0.717, 1.165) is 96.3 Å². The lowest BCUT2D eigenvalue weighted by Crippen LogP contribution is -2.43. The molecule has 250 valence electrons. The zero-order chi connectivity index (χ0) is 31.7. The molecule has 0 radical (unpaired) electrons. The largest absolute Gasteiger partial charge is 0.343 e. The van der Waals surface area contributed by atoms with Crippen molar-refractivity contribution in [1.29, 1.82) is 0 Å². The van der Waals surface area contributed by atoms with Crippen molar-refractivity contribution >= 4 is 23.6 Å². The van der Waals surface area contributed by atoms with E-state index in [1.165, 1.54) is 0 Å². The minimum absolute atomic E-state index is 0.154. The van der Waals surface area contributed by atoms with Crippen molar-refractivity contribution in [2.24, 2.45) is 0 Å². The Morgan fingerprint density at radius 1 is 0.349 bits per heavy atom. The van der Waals surface area contributed by atoms with Crippen molar-refractivity contribution in [1.82, 2.24) is 19.6 Å². The second-order valence-corrected chi connectivity index (χ2v) is 12.4. The van der Waals surface area contributed by atoms with Crippen molar-refractivity contribution < 1.29 is 19.2 Å². The van der Waals surface area contributed by atoms with Gasteiger partial charge in [0, 0.05) is 78.0 Å². The molecule has 43 heavy (non-hydrogen) atoms. The highest BCUT2D eigenvalue weighted by Gasteiger charge is 2.21. The Morgan fingerprint density at radius 3 is 0.767 bits per heavy atom. The molecule has 0 saturated carbocycles. The van der Waals surface area contributed by atoms with Crippen LogP contribution >= 0.6 is 0 Å². The minimum atomic E-state index is 0.154. The summed E-state index contributed by atoms with van der Waals surface area (Å²) in [6.45, 7) is 13.3. The molecule has 0 N–H and O–H groups in total. The predicted molar refractivity (Wildman–Crippen MR) is 177 cm³/mol. The van der Waals surface area contributed by atoms with Gasteiger partial charge in [0.1, 0.15) is 0 Å². The van der Waals surface area contributed by atoms with Crippen LogP contribution in [0.1, 0.15) is 150 Å². The zero-order valence-corrected chi connectivity index (χ0v) is 28.5. The standard InChI is InChI=1S/C35H66N4O4/c1-5-9-13-20-32(40)36-24-17-25-37(33(41)21-14-10-6-2)27-19-29-39(35(43)23-16-12-8-4)31-30-38(28-18-26-36)34(42)22-15-11-7-3/h5-31H2,1-4H3. The number of hydrogen-bond donors (Lipinski definition) is 0. The number of amides is 4. The van der Waals surface area contributed by atoms with E-state index in [-0.39, 0.29) is 23.6 Å². The summed E-state index contributed by atoms with van der Waals surface area (Å²) in [5.41, 5.74) is 0. The van der Waals surface area contributed by atoms with Gasteiger partial charge in [-0.1, -0.05) is 79.1 Å². The summed E-state index contributed by atoms with van der Waals surface area (Å²) < 4.78 is 0. The van der Waals surface area contributed by atoms with E-state index in [0.29, 0.717) is 78.0 Å². The number of hydrogen-bond acceptors (Lipinski definition) is 4. The van der Waals surface area contributed by atoms with Crippen LogP contribution in [0.15, 0.2) is 0 Å². The van der Waals surface area contributed by atoms with Crippen molar-refractivity contribution in [3.05, 3.63) is 0 Å². The van der Waals surface area contributed by atoms with Gasteiger partial charge in [-0.3, -0.25) is 19.2 Å². The van der Waals surface area contributed by atoms with Gasteiger partial charge < -0.3 is 19.6 Å². The number of unbranched alkanes of at least 4 members (excludes halogenated alkanes) is 8. The van der Waals surface area contributed by atoms with Gasteiger partial charge in [0.25, 0.3) is 0 Å². The molecule has 1 rings (SSSR count). The summed E-state index contributed by atoms with van der Waals surface area (Å²) in [5.74, 6) is 0.674. The summed E-state index contributed by atoms with van der Waals surface area (Å²) in [6, 6.07) is 0. The number of rotatable bonds is 16. The van der Waals surface area contributed by atoms with Crippen LogP contribution in [0.3, 0.4) is 0 Å². The molecule has 1 aliphatic heterocycles. The lowest BCUT2D eigenvalue weighted by molar-refractivity contribution is -0.136. The van der Waals surface area contributed by atoms with Gasteiger partial charge in [-0.15, -0.1) is 0 Å². The molecular formula is C35H66N4O4. The topological polar surface area (TPSA) is 81.2 Å². The molecule has 1 aliphatic rings. The van der Waals surface area contributed by atoms with Crippen LogP contribution in [-0.2, 0) is 19.2 Å². The molecule has 8 heteroatoms. The molecule has 0 unspecified atom stereocenters. The Hall–Kier alpha value is -2.12. The Balaban J connectivity index is 3.12. The van der Waals surface area contributed by atoms with Crippen LogP contribution in [0.25, 0.3) is 0 Å². The third kappa shape index (κ3) is 17.7. The van der Waals surface area contributed by atoms with E-state index in [9.17, 15) is 19.2 Å². The van der Waals surface area contributed by atoms with Gasteiger partial charge in [0.05, 0.1) is 0 Å². The normalized spacial score (nSPS) is 16.1. The Bertz CT molecular complexity index is 713. The maximum absolute atomic E-state index is 13.3. The molecule has 0 aromatic rings. The first-order valence-corrected chi connectivity index (χ1v) is 18.0. The first-order chi connectivity index (χ1) is 20.9. The first-order valence-electron chi connectivity index (χ1n) is 18.0. The lowest BCUT2D eigenvalue weighted by atomic mass is 10.1. The smallest absolute Gasteiger partial charge is 0.222 e. The van der Waals surface area contributed by atoms with Gasteiger partial charge >= 0.3 is 0 Å². The van der Waals surface area contributed by atoms with Gasteiger partial charge in [-0.05, 0) is 44.9 Å². The maximum Gasteiger partial charge on any atom is 0.222 e. The predicted octanol–water partition coefficient (Wildman–Crippen LogP) is 6.81. The summed E-state index contributed by atoms with van der Waals surface area (Å²) in [5, 5.41) is 0. The molecule has 1 saturated heterocycles. The highest BCUT2D eigenvalue weighted by Crippen LogP contribution is 2.12. The molecule has 0 aromatic carbocycles. The Morgan fingerprint density at radius 2 is 0.558 bits per heavy atom. The fourth-order valence-corrected chi connectivity index (χ4v) is 5.78. The van der Waals surface area contributed by atoms with Crippen LogP contribution in [0.2, 0.25) is 0 Å². The molecule has 0 aromatic heterocycles. The van der Waals surface area contributed by atoms with Crippen molar-refractivity contribution in [2.75, 3.05) is 52.4 Å². The van der Waals surface area contributed by atoms with E-state index in [2.05, 4.69) is 27.7 Å². The van der Waals surface area contributed by atoms with Crippen LogP contribution in [0.4, 0.5) is 0 Å². The van der Waals surface area contributed by atoms with Gasteiger partial charge in [0.2, 0.25) is 23.6 Å². The van der Waals surface area contributed by atoms with Gasteiger partial charge in [-0.2, -0.15) is 0 Å². The van der Waals surface area contributed by atoms with Crippen LogP contribution < -0.4 is 0 Å². The van der Waals surface area contributed by atoms with Gasteiger partial charge in [-0.25, -0.2) is 0 Å². The third-order valence-corrected chi connectivity index (χ3v) is 8.60. The van der Waals surface area contributed by atoms with Gasteiger partial charge in [0.15, 0.2) is 0 Å². The fraction of sp³-hybridized carbons (Fsp3) is 0.886. The monoisotopic (exact) mass is 607 g/mol. The summed E-state index contributed by atoms with van der Waals surface area (Å²) in [7, 11) is 0. The van der Waals surface area contributed by atoms with Crippen molar-refractivity contribution in [2.45, 2.75) is 150 Å². The van der Waals surface area contributed by atoms with Crippen molar-refractivity contribution in [3.8, 4) is 0 Å². The van der Waals surface area contributed by atoms with Crippen LogP contribution in [-0.4, -0.2) is 95.6 Å². The number of nitrogens with zero attached hydrogens (tertiary/aromatic N) is 4. The molecule has 0 spiro atoms.